The molecule has 4 heterocycles. The molecular formula is C14H19N5O. The van der Waals surface area contributed by atoms with Crippen molar-refractivity contribution in [2.24, 2.45) is 0 Å². The normalized spacial score (nSPS) is 29.2. The number of carbonyl (C=O) groups excluding carboxylic acids is 1. The number of amides is 1. The number of anilines is 1. The molecular weight excluding hydrogens is 254 g/mol. The number of nitrogens with one attached hydrogen (secondary N) is 2. The van der Waals surface area contributed by atoms with E-state index in [4.69, 9.17) is 0 Å². The minimum absolute atomic E-state index is 0.0467. The van der Waals surface area contributed by atoms with Crippen LogP contribution in [0.2, 0.25) is 0 Å². The van der Waals surface area contributed by atoms with Crippen molar-refractivity contribution in [2.45, 2.75) is 37.8 Å². The molecule has 1 unspecified atom stereocenters. The fourth-order valence-corrected chi connectivity index (χ4v) is 3.70. The van der Waals surface area contributed by atoms with Gasteiger partial charge in [0.15, 0.2) is 0 Å². The number of piperidine rings is 1. The SMILES string of the molecule is O=C1CC2(CCCNC2)N1c1ncnc2c1CNCC2. The van der Waals surface area contributed by atoms with Gasteiger partial charge in [-0.25, -0.2) is 9.97 Å². The molecule has 1 spiro atoms. The molecule has 106 valence electrons. The maximum Gasteiger partial charge on any atom is 0.231 e. The molecule has 3 aliphatic rings. The summed E-state index contributed by atoms with van der Waals surface area (Å²) >= 11 is 0. The van der Waals surface area contributed by atoms with Gasteiger partial charge in [-0.2, -0.15) is 0 Å². The summed E-state index contributed by atoms with van der Waals surface area (Å²) in [4.78, 5) is 23.0. The molecule has 2 fully saturated rings. The lowest BCUT2D eigenvalue weighted by Crippen LogP contribution is -2.70. The Labute approximate surface area is 118 Å². The van der Waals surface area contributed by atoms with Crippen LogP contribution in [-0.4, -0.2) is 41.0 Å². The molecule has 2 N–H and O–H groups in total. The van der Waals surface area contributed by atoms with E-state index in [1.54, 1.807) is 6.33 Å². The second-order valence-electron chi connectivity index (χ2n) is 5.96. The maximum absolute atomic E-state index is 12.2. The van der Waals surface area contributed by atoms with Crippen LogP contribution in [-0.2, 0) is 17.8 Å². The van der Waals surface area contributed by atoms with E-state index in [-0.39, 0.29) is 11.4 Å². The minimum Gasteiger partial charge on any atom is -0.314 e. The maximum atomic E-state index is 12.2. The first-order valence-corrected chi connectivity index (χ1v) is 7.37. The number of fused-ring (bicyclic) bond motifs is 1. The number of rotatable bonds is 1. The Hall–Kier alpha value is -1.53. The smallest absolute Gasteiger partial charge is 0.231 e. The number of carbonyl (C=O) groups is 1. The van der Waals surface area contributed by atoms with Gasteiger partial charge in [-0.15, -0.1) is 0 Å². The zero-order valence-electron chi connectivity index (χ0n) is 11.5. The Morgan fingerprint density at radius 2 is 2.20 bits per heavy atom. The molecule has 0 saturated carbocycles. The van der Waals surface area contributed by atoms with Gasteiger partial charge in [-0.3, -0.25) is 9.69 Å². The molecule has 20 heavy (non-hydrogen) atoms. The summed E-state index contributed by atoms with van der Waals surface area (Å²) in [5, 5.41) is 6.78. The molecule has 0 aliphatic carbocycles. The molecule has 4 rings (SSSR count). The molecule has 0 aromatic carbocycles. The van der Waals surface area contributed by atoms with Gasteiger partial charge in [-0.05, 0) is 19.4 Å². The highest BCUT2D eigenvalue weighted by Crippen LogP contribution is 2.42. The van der Waals surface area contributed by atoms with Crippen molar-refractivity contribution in [3.05, 3.63) is 17.6 Å². The first-order valence-electron chi connectivity index (χ1n) is 7.37. The molecule has 3 aliphatic heterocycles. The van der Waals surface area contributed by atoms with E-state index in [0.717, 1.165) is 62.5 Å². The number of hydrogen-bond donors (Lipinski definition) is 2. The Morgan fingerprint density at radius 3 is 3.00 bits per heavy atom. The number of nitrogens with zero attached hydrogens (tertiary/aromatic N) is 3. The predicted molar refractivity (Wildman–Crippen MR) is 74.4 cm³/mol. The van der Waals surface area contributed by atoms with E-state index in [1.807, 2.05) is 4.90 Å². The molecule has 1 aromatic heterocycles. The van der Waals surface area contributed by atoms with Gasteiger partial charge in [0.25, 0.3) is 0 Å². The first-order chi connectivity index (χ1) is 9.80. The highest BCUT2D eigenvalue weighted by Gasteiger charge is 2.53. The quantitative estimate of drug-likeness (QED) is 0.704. The molecule has 0 radical (unpaired) electrons. The average Bonchev–Trinajstić information content (AvgIpc) is 2.48. The van der Waals surface area contributed by atoms with Crippen LogP contribution in [0.3, 0.4) is 0 Å². The van der Waals surface area contributed by atoms with E-state index in [1.165, 1.54) is 0 Å². The molecule has 1 amide bonds. The van der Waals surface area contributed by atoms with Crippen LogP contribution in [0, 0.1) is 0 Å². The highest BCUT2D eigenvalue weighted by molar-refractivity contribution is 6.02. The molecule has 1 aromatic rings. The second kappa shape index (κ2) is 4.49. The van der Waals surface area contributed by atoms with Crippen molar-refractivity contribution >= 4 is 11.7 Å². The zero-order chi connectivity index (χ0) is 13.6. The molecule has 1 atom stereocenters. The van der Waals surface area contributed by atoms with Crippen LogP contribution in [0.1, 0.15) is 30.5 Å². The predicted octanol–water partition coefficient (Wildman–Crippen LogP) is -0.0188. The largest absolute Gasteiger partial charge is 0.314 e. The van der Waals surface area contributed by atoms with Gasteiger partial charge < -0.3 is 10.6 Å². The van der Waals surface area contributed by atoms with Gasteiger partial charge in [0.1, 0.15) is 12.1 Å². The third-order valence-corrected chi connectivity index (χ3v) is 4.72. The number of β-lactam (4-membered cyclic amide) rings is 1. The molecule has 0 bridgehead atoms. The van der Waals surface area contributed by atoms with E-state index in [9.17, 15) is 4.79 Å². The Kier molecular flexibility index (Phi) is 2.75. The van der Waals surface area contributed by atoms with Crippen LogP contribution in [0.15, 0.2) is 6.33 Å². The Balaban J connectivity index is 1.74. The van der Waals surface area contributed by atoms with Crippen LogP contribution in [0.25, 0.3) is 0 Å². The lowest BCUT2D eigenvalue weighted by Gasteiger charge is -2.54. The fraction of sp³-hybridized carbons (Fsp3) is 0.643. The van der Waals surface area contributed by atoms with Crippen molar-refractivity contribution in [2.75, 3.05) is 24.5 Å². The minimum atomic E-state index is -0.0467. The molecule has 2 saturated heterocycles. The van der Waals surface area contributed by atoms with E-state index < -0.39 is 0 Å². The summed E-state index contributed by atoms with van der Waals surface area (Å²) < 4.78 is 0. The summed E-state index contributed by atoms with van der Waals surface area (Å²) in [5.74, 6) is 1.03. The van der Waals surface area contributed by atoms with Crippen LogP contribution < -0.4 is 15.5 Å². The summed E-state index contributed by atoms with van der Waals surface area (Å²) in [5.41, 5.74) is 2.15. The van der Waals surface area contributed by atoms with Crippen molar-refractivity contribution < 1.29 is 4.79 Å². The summed E-state index contributed by atoms with van der Waals surface area (Å²) in [6.07, 6.45) is 5.35. The van der Waals surface area contributed by atoms with E-state index in [2.05, 4.69) is 20.6 Å². The monoisotopic (exact) mass is 273 g/mol. The van der Waals surface area contributed by atoms with E-state index in [0.29, 0.717) is 6.42 Å². The van der Waals surface area contributed by atoms with E-state index >= 15 is 0 Å². The molecule has 6 heteroatoms. The summed E-state index contributed by atoms with van der Waals surface area (Å²) in [7, 11) is 0. The standard InChI is InChI=1S/C14H19N5O/c20-12-6-14(3-1-4-16-8-14)19(12)13-10-7-15-5-2-11(10)17-9-18-13/h9,15-16H,1-8H2. The topological polar surface area (TPSA) is 70.2 Å². The van der Waals surface area contributed by atoms with Gasteiger partial charge in [0.05, 0.1) is 17.7 Å². The van der Waals surface area contributed by atoms with Gasteiger partial charge in [-0.1, -0.05) is 0 Å². The molecule has 6 nitrogen and oxygen atoms in total. The van der Waals surface area contributed by atoms with Crippen LogP contribution in [0.5, 0.6) is 0 Å². The Morgan fingerprint density at radius 1 is 1.25 bits per heavy atom. The third kappa shape index (κ3) is 1.68. The van der Waals surface area contributed by atoms with Gasteiger partial charge in [0.2, 0.25) is 5.91 Å². The van der Waals surface area contributed by atoms with Crippen molar-refractivity contribution in [3.63, 3.8) is 0 Å². The van der Waals surface area contributed by atoms with Crippen molar-refractivity contribution in [3.8, 4) is 0 Å². The highest BCUT2D eigenvalue weighted by atomic mass is 16.2. The zero-order valence-corrected chi connectivity index (χ0v) is 11.5. The Bertz CT molecular complexity index is 552. The van der Waals surface area contributed by atoms with Crippen LogP contribution in [0.4, 0.5) is 5.82 Å². The lowest BCUT2D eigenvalue weighted by molar-refractivity contribution is -0.128. The fourth-order valence-electron chi connectivity index (χ4n) is 3.70. The summed E-state index contributed by atoms with van der Waals surface area (Å²) in [6, 6.07) is 0. The third-order valence-electron chi connectivity index (χ3n) is 4.72. The van der Waals surface area contributed by atoms with Gasteiger partial charge in [0, 0.05) is 31.6 Å². The summed E-state index contributed by atoms with van der Waals surface area (Å²) in [6.45, 7) is 3.64. The van der Waals surface area contributed by atoms with Crippen LogP contribution >= 0.6 is 0 Å². The van der Waals surface area contributed by atoms with Gasteiger partial charge >= 0.3 is 0 Å². The average molecular weight is 273 g/mol. The van der Waals surface area contributed by atoms with Crippen molar-refractivity contribution in [1.82, 2.24) is 20.6 Å². The second-order valence-corrected chi connectivity index (χ2v) is 5.96. The lowest BCUT2D eigenvalue weighted by atomic mass is 9.77. The first kappa shape index (κ1) is 12.2. The number of hydrogen-bond acceptors (Lipinski definition) is 5. The number of aromatic nitrogens is 2. The van der Waals surface area contributed by atoms with Crippen molar-refractivity contribution in [1.29, 1.82) is 0 Å².